The molecule has 4 rings (SSSR count). The highest BCUT2D eigenvalue weighted by Gasteiger charge is 2.71. The van der Waals surface area contributed by atoms with Crippen molar-refractivity contribution < 1.29 is 50.2 Å². The summed E-state index contributed by atoms with van der Waals surface area (Å²) in [5.41, 5.74) is -6.05. The summed E-state index contributed by atoms with van der Waals surface area (Å²) in [5.74, 6) is -1.41. The lowest BCUT2D eigenvalue weighted by atomic mass is 9.91. The molecule has 43 heavy (non-hydrogen) atoms. The summed E-state index contributed by atoms with van der Waals surface area (Å²) in [7, 11) is 0. The minimum atomic E-state index is -5.97. The number of benzene rings is 2. The number of hydrogen-bond donors (Lipinski definition) is 4. The number of carbonyl (C=O) groups excluding carboxylic acids is 3. The van der Waals surface area contributed by atoms with Gasteiger partial charge >= 0.3 is 18.4 Å². The second-order valence-electron chi connectivity index (χ2n) is 10.3. The maximum atomic E-state index is 14.7. The van der Waals surface area contributed by atoms with Crippen molar-refractivity contribution in [3.05, 3.63) is 65.0 Å². The van der Waals surface area contributed by atoms with Crippen molar-refractivity contribution in [1.82, 2.24) is 20.4 Å². The normalized spacial score (nSPS) is 18.7. The van der Waals surface area contributed by atoms with Gasteiger partial charge in [-0.25, -0.2) is 9.18 Å². The largest absolute Gasteiger partial charge is 0.430 e. The molecule has 2 fully saturated rings. The van der Waals surface area contributed by atoms with Gasteiger partial charge in [0.05, 0.1) is 5.69 Å². The molecule has 234 valence electrons. The van der Waals surface area contributed by atoms with Gasteiger partial charge in [0.15, 0.2) is 0 Å². The number of halogens is 7. The maximum absolute atomic E-state index is 14.7. The molecule has 2 aliphatic heterocycles. The smallest absolute Gasteiger partial charge is 0.369 e. The van der Waals surface area contributed by atoms with Crippen LogP contribution in [0.3, 0.4) is 0 Å². The molecule has 2 heterocycles. The topological polar surface area (TPSA) is 114 Å². The molecule has 0 bridgehead atoms. The lowest BCUT2D eigenvalue weighted by molar-refractivity contribution is -0.376. The molecule has 0 aliphatic carbocycles. The van der Waals surface area contributed by atoms with E-state index in [1.165, 1.54) is 17.0 Å². The molecular formula is C27H28F7N5O4. The van der Waals surface area contributed by atoms with Crippen LogP contribution in [0.2, 0.25) is 0 Å². The van der Waals surface area contributed by atoms with Crippen LogP contribution in [-0.2, 0) is 16.9 Å². The minimum absolute atomic E-state index is 0.0457. The van der Waals surface area contributed by atoms with Gasteiger partial charge in [0, 0.05) is 62.9 Å². The molecule has 2 aromatic carbocycles. The Labute approximate surface area is 241 Å². The highest BCUT2D eigenvalue weighted by molar-refractivity contribution is 5.96. The Morgan fingerprint density at radius 2 is 1.58 bits per heavy atom. The molecule has 4 N–H and O–H groups in total. The van der Waals surface area contributed by atoms with Gasteiger partial charge in [-0.1, -0.05) is 24.3 Å². The van der Waals surface area contributed by atoms with Crippen LogP contribution in [0.25, 0.3) is 0 Å². The monoisotopic (exact) mass is 619 g/mol. The molecule has 4 amide bonds. The zero-order valence-corrected chi connectivity index (χ0v) is 22.5. The number of amides is 4. The first-order chi connectivity index (χ1) is 20.1. The molecule has 2 aliphatic rings. The summed E-state index contributed by atoms with van der Waals surface area (Å²) in [6, 6.07) is 5.95. The van der Waals surface area contributed by atoms with Gasteiger partial charge in [-0.3, -0.25) is 14.5 Å². The number of anilines is 1. The second-order valence-corrected chi connectivity index (χ2v) is 10.3. The van der Waals surface area contributed by atoms with Gasteiger partial charge in [-0.05, 0) is 30.2 Å². The van der Waals surface area contributed by atoms with Gasteiger partial charge < -0.3 is 26.0 Å². The molecule has 0 saturated carbocycles. The maximum Gasteiger partial charge on any atom is 0.430 e. The van der Waals surface area contributed by atoms with E-state index in [0.717, 1.165) is 18.2 Å². The third-order valence-corrected chi connectivity index (χ3v) is 7.32. The number of alkyl halides is 6. The highest BCUT2D eigenvalue weighted by Crippen LogP contribution is 2.50. The number of carbonyl (C=O) groups is 3. The number of rotatable bonds is 6. The third-order valence-electron chi connectivity index (χ3n) is 7.32. The minimum Gasteiger partial charge on any atom is -0.369 e. The van der Waals surface area contributed by atoms with Crippen LogP contribution in [-0.4, -0.2) is 83.9 Å². The molecule has 0 radical (unpaired) electrons. The van der Waals surface area contributed by atoms with Crippen molar-refractivity contribution in [1.29, 1.82) is 0 Å². The van der Waals surface area contributed by atoms with E-state index in [1.807, 2.05) is 4.90 Å². The van der Waals surface area contributed by atoms with Crippen molar-refractivity contribution in [2.75, 3.05) is 38.0 Å². The van der Waals surface area contributed by atoms with E-state index in [1.54, 1.807) is 0 Å². The predicted molar refractivity (Wildman–Crippen MR) is 138 cm³/mol. The van der Waals surface area contributed by atoms with E-state index >= 15 is 0 Å². The predicted octanol–water partition coefficient (Wildman–Crippen LogP) is 3.50. The Kier molecular flexibility index (Phi) is 9.20. The van der Waals surface area contributed by atoms with E-state index in [2.05, 4.69) is 16.0 Å². The van der Waals surface area contributed by atoms with Crippen molar-refractivity contribution in [3.63, 3.8) is 0 Å². The standard InChI is InChI=1S/C27H28F7N5O4/c28-20-13-17(3-7-21(20)37-24(42)36-19-6-8-22(40)35-14-19)23(41)39-11-9-38(10-12-39)15-16-1-4-18(5-2-16)25(43,26(29,30)31)27(32,33)34/h1-5,7,13,19,43H,6,8-12,14-15H2,(H,35,40)(H2,36,37,42). The van der Waals surface area contributed by atoms with E-state index in [4.69, 9.17) is 0 Å². The lowest BCUT2D eigenvalue weighted by Gasteiger charge is -2.35. The first-order valence-corrected chi connectivity index (χ1v) is 13.2. The van der Waals surface area contributed by atoms with E-state index in [-0.39, 0.29) is 55.8 Å². The first kappa shape index (κ1) is 32.0. The van der Waals surface area contributed by atoms with Gasteiger partial charge in [-0.15, -0.1) is 0 Å². The van der Waals surface area contributed by atoms with Crippen LogP contribution in [0.15, 0.2) is 42.5 Å². The van der Waals surface area contributed by atoms with Crippen LogP contribution in [0.4, 0.5) is 41.2 Å². The summed E-state index contributed by atoms with van der Waals surface area (Å²) in [5, 5.41) is 17.2. The molecule has 9 nitrogen and oxygen atoms in total. The summed E-state index contributed by atoms with van der Waals surface area (Å²) < 4.78 is 93.3. The number of piperazine rings is 1. The zero-order valence-electron chi connectivity index (χ0n) is 22.5. The number of aliphatic hydroxyl groups is 1. The van der Waals surface area contributed by atoms with Crippen molar-refractivity contribution in [2.45, 2.75) is 43.4 Å². The van der Waals surface area contributed by atoms with Gasteiger partial charge in [0.1, 0.15) is 5.82 Å². The van der Waals surface area contributed by atoms with Crippen molar-refractivity contribution in [3.8, 4) is 0 Å². The molecule has 2 aromatic rings. The quantitative estimate of drug-likeness (QED) is 0.370. The fraction of sp³-hybridized carbons (Fsp3) is 0.444. The summed E-state index contributed by atoms with van der Waals surface area (Å²) in [4.78, 5) is 39.7. The van der Waals surface area contributed by atoms with Crippen molar-refractivity contribution >= 4 is 23.5 Å². The van der Waals surface area contributed by atoms with Crippen LogP contribution < -0.4 is 16.0 Å². The zero-order chi connectivity index (χ0) is 31.6. The van der Waals surface area contributed by atoms with Crippen molar-refractivity contribution in [2.24, 2.45) is 0 Å². The molecule has 16 heteroatoms. The molecule has 2 saturated heterocycles. The molecule has 1 unspecified atom stereocenters. The average molecular weight is 620 g/mol. The van der Waals surface area contributed by atoms with Gasteiger partial charge in [0.25, 0.3) is 11.5 Å². The number of nitrogens with zero attached hydrogens (tertiary/aromatic N) is 2. The fourth-order valence-corrected chi connectivity index (χ4v) is 4.84. The average Bonchev–Trinajstić information content (AvgIpc) is 2.94. The Balaban J connectivity index is 1.29. The molecular weight excluding hydrogens is 591 g/mol. The van der Waals surface area contributed by atoms with Gasteiger partial charge in [0.2, 0.25) is 5.91 Å². The Bertz CT molecular complexity index is 1320. The number of nitrogens with one attached hydrogen (secondary N) is 3. The van der Waals surface area contributed by atoms with Gasteiger partial charge in [-0.2, -0.15) is 26.3 Å². The van der Waals surface area contributed by atoms with Crippen LogP contribution >= 0.6 is 0 Å². The SMILES string of the molecule is O=C1CCC(NC(=O)Nc2ccc(C(=O)N3CCN(Cc4ccc(C(O)(C(F)(F)F)C(F)(F)F)cc4)CC3)cc2F)CN1. The summed E-state index contributed by atoms with van der Waals surface area (Å²) in [6.07, 6.45) is -11.2. The Hall–Kier alpha value is -3.92. The van der Waals surface area contributed by atoms with E-state index < -0.39 is 41.3 Å². The lowest BCUT2D eigenvalue weighted by Crippen LogP contribution is -2.53. The van der Waals surface area contributed by atoms with E-state index in [0.29, 0.717) is 37.2 Å². The number of urea groups is 1. The Morgan fingerprint density at radius 1 is 0.953 bits per heavy atom. The van der Waals surface area contributed by atoms with Crippen LogP contribution in [0.5, 0.6) is 0 Å². The molecule has 0 spiro atoms. The van der Waals surface area contributed by atoms with Crippen LogP contribution in [0, 0.1) is 5.82 Å². The number of piperidine rings is 1. The fourth-order valence-electron chi connectivity index (χ4n) is 4.84. The number of hydrogen-bond acceptors (Lipinski definition) is 5. The highest BCUT2D eigenvalue weighted by atomic mass is 19.4. The van der Waals surface area contributed by atoms with Crippen LogP contribution in [0.1, 0.15) is 34.3 Å². The summed E-state index contributed by atoms with van der Waals surface area (Å²) in [6.45, 7) is 1.53. The Morgan fingerprint density at radius 3 is 2.12 bits per heavy atom. The second kappa shape index (κ2) is 12.4. The molecule has 1 atom stereocenters. The summed E-state index contributed by atoms with van der Waals surface area (Å²) >= 11 is 0. The molecule has 0 aromatic heterocycles. The van der Waals surface area contributed by atoms with E-state index in [9.17, 15) is 50.2 Å². The first-order valence-electron chi connectivity index (χ1n) is 13.2. The third kappa shape index (κ3) is 7.18.